The van der Waals surface area contributed by atoms with Crippen LogP contribution in [0.1, 0.15) is 43.4 Å². The second-order valence-corrected chi connectivity index (χ2v) is 6.30. The van der Waals surface area contributed by atoms with E-state index in [0.717, 1.165) is 0 Å². The first-order valence-electron chi connectivity index (χ1n) is 8.07. The topological polar surface area (TPSA) is 25.2 Å². The third-order valence-electron chi connectivity index (χ3n) is 5.05. The molecule has 2 nitrogen and oxygen atoms in total. The summed E-state index contributed by atoms with van der Waals surface area (Å²) in [5, 5.41) is 11.1. The average Bonchev–Trinajstić information content (AvgIpc) is 2.78. The van der Waals surface area contributed by atoms with Crippen molar-refractivity contribution < 1.29 is 5.11 Å². The van der Waals surface area contributed by atoms with E-state index >= 15 is 0 Å². The van der Waals surface area contributed by atoms with Gasteiger partial charge in [-0.1, -0.05) is 37.5 Å². The van der Waals surface area contributed by atoms with Gasteiger partial charge >= 0.3 is 0 Å². The van der Waals surface area contributed by atoms with Crippen molar-refractivity contribution in [1.29, 1.82) is 0 Å². The molecular weight excluding hydrogens is 258 g/mol. The Hall–Kier alpha value is -1.54. The van der Waals surface area contributed by atoms with Gasteiger partial charge in [0, 0.05) is 23.6 Å². The molecule has 0 bridgehead atoms. The summed E-state index contributed by atoms with van der Waals surface area (Å²) >= 11 is 0. The van der Waals surface area contributed by atoms with Gasteiger partial charge in [-0.25, -0.2) is 0 Å². The lowest BCUT2D eigenvalue weighted by atomic mass is 9.83. The van der Waals surface area contributed by atoms with Gasteiger partial charge in [0.1, 0.15) is 0 Å². The number of aryl methyl sites for hydroxylation is 2. The van der Waals surface area contributed by atoms with E-state index in [1.165, 1.54) is 59.8 Å². The molecule has 0 radical (unpaired) electrons. The van der Waals surface area contributed by atoms with Crippen molar-refractivity contribution in [3.05, 3.63) is 41.1 Å². The fourth-order valence-electron chi connectivity index (χ4n) is 3.75. The van der Waals surface area contributed by atoms with Crippen LogP contribution < -0.4 is 0 Å². The summed E-state index contributed by atoms with van der Waals surface area (Å²) in [5.41, 5.74) is 5.03. The lowest BCUT2D eigenvalue weighted by molar-refractivity contribution is 0.295. The molecule has 1 aromatic heterocycles. The Labute approximate surface area is 127 Å². The predicted octanol–water partition coefficient (Wildman–Crippen LogP) is 4.44. The van der Waals surface area contributed by atoms with E-state index in [2.05, 4.69) is 48.9 Å². The molecule has 0 atom stereocenters. The smallest absolute Gasteiger partial charge is 0.0648 e. The first-order chi connectivity index (χ1) is 10.2. The van der Waals surface area contributed by atoms with Crippen LogP contribution in [0.15, 0.2) is 29.8 Å². The minimum Gasteiger partial charge on any atom is -0.392 e. The number of hydrogen-bond donors (Lipinski definition) is 1. The molecule has 0 aliphatic heterocycles. The van der Waals surface area contributed by atoms with Crippen molar-refractivity contribution in [1.82, 2.24) is 4.57 Å². The number of aliphatic hydroxyl groups is 1. The van der Waals surface area contributed by atoms with Crippen LogP contribution in [0.2, 0.25) is 0 Å². The van der Waals surface area contributed by atoms with Crippen LogP contribution in [-0.4, -0.2) is 16.3 Å². The molecule has 1 aliphatic rings. The summed E-state index contributed by atoms with van der Waals surface area (Å²) in [4.78, 5) is 0. The number of benzene rings is 1. The number of hydrogen-bond acceptors (Lipinski definition) is 1. The third kappa shape index (κ3) is 2.65. The monoisotopic (exact) mass is 283 g/mol. The number of nitrogens with zero attached hydrogens (tertiary/aromatic N) is 1. The van der Waals surface area contributed by atoms with Gasteiger partial charge < -0.3 is 9.67 Å². The Bertz CT molecular complexity index is 621. The number of para-hydroxylation sites is 1. The summed E-state index contributed by atoms with van der Waals surface area (Å²) in [7, 11) is 2.12. The van der Waals surface area contributed by atoms with Crippen molar-refractivity contribution in [3.8, 4) is 0 Å². The van der Waals surface area contributed by atoms with Crippen LogP contribution in [0, 0.1) is 12.8 Å². The highest BCUT2D eigenvalue weighted by molar-refractivity contribution is 5.88. The largest absolute Gasteiger partial charge is 0.392 e. The Balaban J connectivity index is 2.04. The van der Waals surface area contributed by atoms with Gasteiger partial charge in [-0.05, 0) is 49.0 Å². The van der Waals surface area contributed by atoms with Crippen LogP contribution in [0.3, 0.4) is 0 Å². The molecule has 0 unspecified atom stereocenters. The summed E-state index contributed by atoms with van der Waals surface area (Å²) < 4.78 is 2.25. The lowest BCUT2D eigenvalue weighted by Gasteiger charge is -2.23. The molecule has 1 N–H and O–H groups in total. The Morgan fingerprint density at radius 2 is 1.95 bits per heavy atom. The van der Waals surface area contributed by atoms with E-state index < -0.39 is 0 Å². The average molecular weight is 283 g/mol. The fourth-order valence-corrected chi connectivity index (χ4v) is 3.75. The van der Waals surface area contributed by atoms with Crippen LogP contribution in [0.5, 0.6) is 0 Å². The van der Waals surface area contributed by atoms with E-state index in [1.54, 1.807) is 0 Å². The van der Waals surface area contributed by atoms with Crippen molar-refractivity contribution in [2.75, 3.05) is 6.61 Å². The molecule has 21 heavy (non-hydrogen) atoms. The normalized spacial score (nSPS) is 17.6. The molecule has 0 spiro atoms. The number of rotatable bonds is 3. The molecule has 2 heteroatoms. The summed E-state index contributed by atoms with van der Waals surface area (Å²) in [6.07, 6.45) is 8.66. The Kier molecular flexibility index (Phi) is 4.16. The molecule has 1 aromatic carbocycles. The van der Waals surface area contributed by atoms with Crippen molar-refractivity contribution in [2.24, 2.45) is 13.0 Å². The minimum atomic E-state index is 0.186. The number of aliphatic hydroxyl groups excluding tert-OH is 1. The zero-order valence-corrected chi connectivity index (χ0v) is 13.1. The molecule has 3 rings (SSSR count). The van der Waals surface area contributed by atoms with Crippen molar-refractivity contribution in [3.63, 3.8) is 0 Å². The maximum Gasteiger partial charge on any atom is 0.0648 e. The standard InChI is InChI=1S/C19H25NO/c1-14-17-10-6-7-11-18(17)20(2)19(14)12-16(13-21)15-8-4-3-5-9-15/h6-7,10-12,15,21H,3-5,8-9,13H2,1-2H3/b16-12-. The van der Waals surface area contributed by atoms with E-state index in [0.29, 0.717) is 5.92 Å². The summed E-state index contributed by atoms with van der Waals surface area (Å²) in [6.45, 7) is 2.37. The first kappa shape index (κ1) is 14.4. The molecule has 1 fully saturated rings. The van der Waals surface area contributed by atoms with Gasteiger partial charge in [0.05, 0.1) is 6.61 Å². The third-order valence-corrected chi connectivity index (χ3v) is 5.05. The summed E-state index contributed by atoms with van der Waals surface area (Å²) in [5.74, 6) is 0.571. The molecule has 1 saturated carbocycles. The van der Waals surface area contributed by atoms with Gasteiger partial charge in [0.25, 0.3) is 0 Å². The van der Waals surface area contributed by atoms with Gasteiger partial charge in [0.2, 0.25) is 0 Å². The Morgan fingerprint density at radius 3 is 2.62 bits per heavy atom. The van der Waals surface area contributed by atoms with Gasteiger partial charge in [-0.3, -0.25) is 0 Å². The maximum atomic E-state index is 9.82. The quantitative estimate of drug-likeness (QED) is 0.885. The van der Waals surface area contributed by atoms with E-state index in [-0.39, 0.29) is 6.61 Å². The van der Waals surface area contributed by atoms with E-state index in [9.17, 15) is 5.11 Å². The highest BCUT2D eigenvalue weighted by Gasteiger charge is 2.18. The van der Waals surface area contributed by atoms with Gasteiger partial charge in [0.15, 0.2) is 0 Å². The molecule has 0 amide bonds. The van der Waals surface area contributed by atoms with Gasteiger partial charge in [-0.15, -0.1) is 0 Å². The van der Waals surface area contributed by atoms with E-state index in [1.807, 2.05) is 0 Å². The zero-order valence-electron chi connectivity index (χ0n) is 13.1. The maximum absolute atomic E-state index is 9.82. The summed E-state index contributed by atoms with van der Waals surface area (Å²) in [6, 6.07) is 8.53. The zero-order chi connectivity index (χ0) is 14.8. The van der Waals surface area contributed by atoms with Crippen molar-refractivity contribution in [2.45, 2.75) is 39.0 Å². The Morgan fingerprint density at radius 1 is 1.24 bits per heavy atom. The molecule has 112 valence electrons. The molecule has 1 heterocycles. The predicted molar refractivity (Wildman–Crippen MR) is 89.3 cm³/mol. The molecule has 1 aliphatic carbocycles. The molecular formula is C19H25NO. The van der Waals surface area contributed by atoms with Crippen LogP contribution >= 0.6 is 0 Å². The van der Waals surface area contributed by atoms with Crippen LogP contribution in [-0.2, 0) is 7.05 Å². The van der Waals surface area contributed by atoms with Crippen LogP contribution in [0.4, 0.5) is 0 Å². The van der Waals surface area contributed by atoms with Crippen LogP contribution in [0.25, 0.3) is 17.0 Å². The second-order valence-electron chi connectivity index (χ2n) is 6.30. The highest BCUT2D eigenvalue weighted by atomic mass is 16.3. The minimum absolute atomic E-state index is 0.186. The number of fused-ring (bicyclic) bond motifs is 1. The number of aromatic nitrogens is 1. The first-order valence-corrected chi connectivity index (χ1v) is 8.07. The molecule has 2 aromatic rings. The SMILES string of the molecule is Cc1c(/C=C(/CO)C2CCCCC2)n(C)c2ccccc12. The van der Waals surface area contributed by atoms with Gasteiger partial charge in [-0.2, -0.15) is 0 Å². The highest BCUT2D eigenvalue weighted by Crippen LogP contribution is 2.32. The fraction of sp³-hybridized carbons (Fsp3) is 0.474. The lowest BCUT2D eigenvalue weighted by Crippen LogP contribution is -2.12. The second kappa shape index (κ2) is 6.07. The van der Waals surface area contributed by atoms with Crippen molar-refractivity contribution >= 4 is 17.0 Å². The molecule has 0 saturated heterocycles. The van der Waals surface area contributed by atoms with E-state index in [4.69, 9.17) is 0 Å².